The molecule has 1 N–H and O–H groups in total. The Balaban J connectivity index is 3.30. The van der Waals surface area contributed by atoms with E-state index < -0.39 is 10.7 Å². The monoisotopic (exact) mass is 246 g/mol. The van der Waals surface area contributed by atoms with Crippen molar-refractivity contribution in [1.82, 2.24) is 0 Å². The highest BCUT2D eigenvalue weighted by atomic mass is 32.1. The molecule has 96 valence electrons. The molecule has 0 aliphatic carbocycles. The van der Waals surface area contributed by atoms with E-state index in [0.717, 1.165) is 12.8 Å². The number of hydrogen-bond acceptors (Lipinski definition) is 2. The van der Waals surface area contributed by atoms with Gasteiger partial charge in [0.1, 0.15) is 4.75 Å². The normalized spacial score (nSPS) is 14.7. The zero-order valence-electron chi connectivity index (χ0n) is 10.7. The Kier molecular flexibility index (Phi) is 8.81. The zero-order valence-corrected chi connectivity index (χ0v) is 11.6. The van der Waals surface area contributed by atoms with Gasteiger partial charge in [0.25, 0.3) is 0 Å². The Hall–Kier alpha value is -0.180. The number of unbranched alkanes of at least 4 members (excludes halogenated alkanes) is 7. The van der Waals surface area contributed by atoms with Crippen molar-refractivity contribution in [3.8, 4) is 0 Å². The lowest BCUT2D eigenvalue weighted by atomic mass is 10.0. The van der Waals surface area contributed by atoms with Gasteiger partial charge in [-0.1, -0.05) is 58.3 Å². The lowest BCUT2D eigenvalue weighted by Crippen LogP contribution is -2.28. The summed E-state index contributed by atoms with van der Waals surface area (Å²) in [6.07, 6.45) is 10.6. The predicted molar refractivity (Wildman–Crippen MR) is 72.3 cm³/mol. The quantitative estimate of drug-likeness (QED) is 0.446. The molecule has 3 heteroatoms. The molecule has 0 radical (unpaired) electrons. The van der Waals surface area contributed by atoms with Crippen LogP contribution in [-0.2, 0) is 4.79 Å². The topological polar surface area (TPSA) is 37.3 Å². The molecule has 1 atom stereocenters. The highest BCUT2D eigenvalue weighted by molar-refractivity contribution is 7.82. The van der Waals surface area contributed by atoms with Gasteiger partial charge >= 0.3 is 5.97 Å². The van der Waals surface area contributed by atoms with E-state index >= 15 is 0 Å². The number of rotatable bonds is 10. The summed E-state index contributed by atoms with van der Waals surface area (Å²) in [5.41, 5.74) is 0. The molecule has 0 aromatic rings. The Morgan fingerprint density at radius 3 is 1.94 bits per heavy atom. The molecule has 0 heterocycles. The summed E-state index contributed by atoms with van der Waals surface area (Å²) < 4.78 is -0.845. The van der Waals surface area contributed by atoms with Crippen LogP contribution in [-0.4, -0.2) is 15.8 Å². The first kappa shape index (κ1) is 15.8. The van der Waals surface area contributed by atoms with Crippen LogP contribution in [0.3, 0.4) is 0 Å². The van der Waals surface area contributed by atoms with Gasteiger partial charge in [0.05, 0.1) is 0 Å². The minimum Gasteiger partial charge on any atom is -0.480 e. The van der Waals surface area contributed by atoms with Gasteiger partial charge in [0.2, 0.25) is 0 Å². The maximum absolute atomic E-state index is 10.8. The minimum absolute atomic E-state index is 0.667. The molecule has 2 nitrogen and oxygen atoms in total. The van der Waals surface area contributed by atoms with Crippen LogP contribution in [0.5, 0.6) is 0 Å². The van der Waals surface area contributed by atoms with Crippen LogP contribution in [0, 0.1) is 0 Å². The van der Waals surface area contributed by atoms with E-state index in [2.05, 4.69) is 19.6 Å². The SMILES string of the molecule is CCCCCCCCCCC(C)(S)C(=O)O. The van der Waals surface area contributed by atoms with Crippen molar-refractivity contribution in [2.24, 2.45) is 0 Å². The average Bonchev–Trinajstić information content (AvgIpc) is 2.21. The van der Waals surface area contributed by atoms with Crippen molar-refractivity contribution in [3.05, 3.63) is 0 Å². The lowest BCUT2D eigenvalue weighted by Gasteiger charge is -2.17. The van der Waals surface area contributed by atoms with Crippen molar-refractivity contribution in [3.63, 3.8) is 0 Å². The summed E-state index contributed by atoms with van der Waals surface area (Å²) in [5.74, 6) is -0.807. The van der Waals surface area contributed by atoms with Gasteiger partial charge in [-0.05, 0) is 13.3 Å². The second-order valence-corrected chi connectivity index (χ2v) is 5.79. The van der Waals surface area contributed by atoms with Crippen LogP contribution >= 0.6 is 12.6 Å². The van der Waals surface area contributed by atoms with Crippen molar-refractivity contribution in [2.75, 3.05) is 0 Å². The maximum Gasteiger partial charge on any atom is 0.319 e. The number of aliphatic carboxylic acids is 1. The number of carbonyl (C=O) groups is 1. The summed E-state index contributed by atoms with van der Waals surface area (Å²) >= 11 is 4.15. The second-order valence-electron chi connectivity index (χ2n) is 4.80. The lowest BCUT2D eigenvalue weighted by molar-refractivity contribution is -0.139. The number of hydrogen-bond donors (Lipinski definition) is 2. The molecule has 16 heavy (non-hydrogen) atoms. The van der Waals surface area contributed by atoms with Crippen LogP contribution in [0.2, 0.25) is 0 Å². The molecule has 0 saturated carbocycles. The third kappa shape index (κ3) is 8.03. The molecule has 0 aliphatic rings. The molecule has 0 saturated heterocycles. The van der Waals surface area contributed by atoms with E-state index in [1.54, 1.807) is 6.92 Å². The van der Waals surface area contributed by atoms with Crippen molar-refractivity contribution in [1.29, 1.82) is 0 Å². The number of carboxylic acid groups (broad SMARTS) is 1. The van der Waals surface area contributed by atoms with Crippen LogP contribution in [0.4, 0.5) is 0 Å². The molecule has 0 rings (SSSR count). The fourth-order valence-corrected chi connectivity index (χ4v) is 1.87. The second kappa shape index (κ2) is 8.91. The maximum atomic E-state index is 10.8. The van der Waals surface area contributed by atoms with E-state index in [9.17, 15) is 4.79 Å². The van der Waals surface area contributed by atoms with Gasteiger partial charge in [-0.2, -0.15) is 12.6 Å². The van der Waals surface area contributed by atoms with Crippen LogP contribution in [0.25, 0.3) is 0 Å². The van der Waals surface area contributed by atoms with Gasteiger partial charge in [-0.3, -0.25) is 4.79 Å². The molecule has 0 amide bonds. The fourth-order valence-electron chi connectivity index (χ4n) is 1.71. The molecular weight excluding hydrogens is 220 g/mol. The van der Waals surface area contributed by atoms with E-state index in [1.165, 1.54) is 38.5 Å². The standard InChI is InChI=1S/C13H26O2S/c1-3-4-5-6-7-8-9-10-11-13(2,16)12(14)15/h16H,3-11H2,1-2H3,(H,14,15). The van der Waals surface area contributed by atoms with Crippen LogP contribution in [0.1, 0.15) is 71.6 Å². The Morgan fingerprint density at radius 2 is 1.50 bits per heavy atom. The summed E-state index contributed by atoms with van der Waals surface area (Å²) in [5, 5.41) is 8.86. The fraction of sp³-hybridized carbons (Fsp3) is 0.923. The largest absolute Gasteiger partial charge is 0.480 e. The average molecular weight is 246 g/mol. The van der Waals surface area contributed by atoms with Gasteiger partial charge in [-0.25, -0.2) is 0 Å². The Morgan fingerprint density at radius 1 is 1.06 bits per heavy atom. The van der Waals surface area contributed by atoms with E-state index in [1.807, 2.05) is 0 Å². The van der Waals surface area contributed by atoms with E-state index in [4.69, 9.17) is 5.11 Å². The molecule has 0 aromatic carbocycles. The van der Waals surface area contributed by atoms with Gasteiger partial charge in [0.15, 0.2) is 0 Å². The van der Waals surface area contributed by atoms with Crippen LogP contribution < -0.4 is 0 Å². The molecule has 1 unspecified atom stereocenters. The Bertz CT molecular complexity index is 190. The summed E-state index contributed by atoms with van der Waals surface area (Å²) in [6, 6.07) is 0. The molecule has 0 fully saturated rings. The zero-order chi connectivity index (χ0) is 12.4. The van der Waals surface area contributed by atoms with Crippen LogP contribution in [0.15, 0.2) is 0 Å². The molecule has 0 spiro atoms. The third-order valence-corrected chi connectivity index (χ3v) is 3.39. The molecular formula is C13H26O2S. The third-order valence-electron chi connectivity index (χ3n) is 2.98. The predicted octanol–water partition coefficient (Wildman–Crippen LogP) is 4.29. The van der Waals surface area contributed by atoms with Gasteiger partial charge in [-0.15, -0.1) is 0 Å². The first-order valence-corrected chi connectivity index (χ1v) is 6.91. The first-order chi connectivity index (χ1) is 7.50. The first-order valence-electron chi connectivity index (χ1n) is 6.46. The number of carboxylic acids is 1. The van der Waals surface area contributed by atoms with Crippen molar-refractivity contribution >= 4 is 18.6 Å². The smallest absolute Gasteiger partial charge is 0.319 e. The van der Waals surface area contributed by atoms with Crippen molar-refractivity contribution < 1.29 is 9.90 Å². The van der Waals surface area contributed by atoms with Gasteiger partial charge < -0.3 is 5.11 Å². The summed E-state index contributed by atoms with van der Waals surface area (Å²) in [7, 11) is 0. The van der Waals surface area contributed by atoms with E-state index in [0.29, 0.717) is 6.42 Å². The molecule has 0 bridgehead atoms. The summed E-state index contributed by atoms with van der Waals surface area (Å²) in [4.78, 5) is 10.8. The van der Waals surface area contributed by atoms with Gasteiger partial charge in [0, 0.05) is 0 Å². The molecule has 0 aliphatic heterocycles. The number of thiol groups is 1. The molecule has 0 aromatic heterocycles. The van der Waals surface area contributed by atoms with E-state index in [-0.39, 0.29) is 0 Å². The Labute approximate surface area is 105 Å². The minimum atomic E-state index is -0.845. The highest BCUT2D eigenvalue weighted by Gasteiger charge is 2.27. The van der Waals surface area contributed by atoms with Crippen molar-refractivity contribution in [2.45, 2.75) is 76.4 Å². The highest BCUT2D eigenvalue weighted by Crippen LogP contribution is 2.22. The summed E-state index contributed by atoms with van der Waals surface area (Å²) in [6.45, 7) is 3.90.